The predicted molar refractivity (Wildman–Crippen MR) is 214 cm³/mol. The third-order valence-corrected chi connectivity index (χ3v) is 9.88. The highest BCUT2D eigenvalue weighted by Crippen LogP contribution is 2.67. The van der Waals surface area contributed by atoms with E-state index in [0.29, 0.717) is 44.2 Å². The van der Waals surface area contributed by atoms with Crippen molar-refractivity contribution < 1.29 is 59.1 Å². The number of aliphatic hydroxyl groups excluding tert-OH is 6. The van der Waals surface area contributed by atoms with Gasteiger partial charge >= 0.3 is 0 Å². The number of hydrogen-bond acceptors (Lipinski definition) is 12. The predicted octanol–water partition coefficient (Wildman–Crippen LogP) is 4.58. The van der Waals surface area contributed by atoms with Gasteiger partial charge in [0.05, 0.1) is 56.2 Å². The summed E-state index contributed by atoms with van der Waals surface area (Å²) in [6.07, 6.45) is 0. The first-order valence-corrected chi connectivity index (χ1v) is 18.9. The highest BCUT2D eigenvalue weighted by atomic mass is 16.5. The Bertz CT molecular complexity index is 2160. The van der Waals surface area contributed by atoms with Gasteiger partial charge in [0.2, 0.25) is 0 Å². The molecule has 6 N–H and O–H groups in total. The van der Waals surface area contributed by atoms with E-state index in [1.54, 1.807) is 0 Å². The van der Waals surface area contributed by atoms with E-state index in [4.69, 9.17) is 28.4 Å². The maximum Gasteiger partial charge on any atom is 0.170 e. The van der Waals surface area contributed by atoms with Crippen molar-refractivity contribution in [3.8, 4) is 45.6 Å². The van der Waals surface area contributed by atoms with Crippen LogP contribution in [0.3, 0.4) is 0 Å². The Morgan fingerprint density at radius 2 is 0.579 bits per heavy atom. The zero-order valence-electron chi connectivity index (χ0n) is 31.4. The lowest BCUT2D eigenvalue weighted by molar-refractivity contribution is 0.172. The van der Waals surface area contributed by atoms with Crippen LogP contribution < -0.4 is 28.4 Å². The Balaban J connectivity index is 1.83. The summed E-state index contributed by atoms with van der Waals surface area (Å²) in [6, 6.07) is 30.5. The topological polar surface area (TPSA) is 177 Å². The molecule has 1 aliphatic rings. The maximum absolute atomic E-state index is 10.3. The average Bonchev–Trinajstić information content (AvgIpc) is 3.54. The highest BCUT2D eigenvalue weighted by Gasteiger charge is 2.54. The molecule has 0 bridgehead atoms. The monoisotopic (exact) mass is 778 g/mol. The second kappa shape index (κ2) is 18.1. The molecular weight excluding hydrogens is 732 g/mol. The fourth-order valence-corrected chi connectivity index (χ4v) is 8.03. The molecule has 7 rings (SSSR count). The molecule has 0 heterocycles. The van der Waals surface area contributed by atoms with Crippen molar-refractivity contribution in [2.45, 2.75) is 5.41 Å². The van der Waals surface area contributed by atoms with Crippen LogP contribution in [0, 0.1) is 0 Å². The van der Waals surface area contributed by atoms with Crippen LogP contribution in [0.2, 0.25) is 0 Å². The van der Waals surface area contributed by atoms with E-state index in [1.165, 1.54) is 0 Å². The second-order valence-electron chi connectivity index (χ2n) is 13.1. The number of hydrogen-bond donors (Lipinski definition) is 6. The lowest BCUT2D eigenvalue weighted by Gasteiger charge is -2.39. The molecule has 0 aromatic heterocycles. The first kappa shape index (κ1) is 39.6. The van der Waals surface area contributed by atoms with Crippen LogP contribution in [0.4, 0.5) is 0 Å². The van der Waals surface area contributed by atoms with Gasteiger partial charge in [-0.1, -0.05) is 97.1 Å². The van der Waals surface area contributed by atoms with Crippen molar-refractivity contribution in [2.24, 2.45) is 0 Å². The lowest BCUT2D eigenvalue weighted by atomic mass is 9.65. The summed E-state index contributed by atoms with van der Waals surface area (Å²) in [5.41, 5.74) is 2.45. The van der Waals surface area contributed by atoms with E-state index in [2.05, 4.69) is 0 Å². The van der Waals surface area contributed by atoms with Crippen molar-refractivity contribution in [3.63, 3.8) is 0 Å². The Hall–Kier alpha value is -5.60. The Morgan fingerprint density at radius 3 is 0.912 bits per heavy atom. The summed E-state index contributed by atoms with van der Waals surface area (Å²) in [6.45, 7) is -2.73. The summed E-state index contributed by atoms with van der Waals surface area (Å²) in [4.78, 5) is 0. The lowest BCUT2D eigenvalue weighted by Crippen LogP contribution is -2.33. The molecule has 0 atom stereocenters. The number of rotatable bonds is 20. The van der Waals surface area contributed by atoms with Gasteiger partial charge in [-0.2, -0.15) is 0 Å². The summed E-state index contributed by atoms with van der Waals surface area (Å²) in [5.74, 6) is 1.55. The van der Waals surface area contributed by atoms with E-state index in [9.17, 15) is 30.6 Å². The van der Waals surface area contributed by atoms with Gasteiger partial charge in [0.25, 0.3) is 0 Å². The van der Waals surface area contributed by atoms with Gasteiger partial charge in [0.1, 0.15) is 51.1 Å². The van der Waals surface area contributed by atoms with Crippen molar-refractivity contribution in [1.82, 2.24) is 0 Å². The Morgan fingerprint density at radius 1 is 0.316 bits per heavy atom. The molecule has 0 saturated heterocycles. The van der Waals surface area contributed by atoms with Crippen molar-refractivity contribution >= 4 is 21.5 Å². The molecule has 1 aliphatic carbocycles. The standard InChI is InChI=1S/C45H46O12/c46-17-23-52-39-31-11-1-3-13-33(31)41(54-25-19-48)43(56-27-21-50)37(39)45(35-15-7-5-9-29(35)30-10-6-8-16-36(30)45)38-40(53-24-18-47)32-12-2-4-14-34(32)42(55-26-20-49)44(38)57-28-22-51/h1-16,46-51H,17-28H2. The van der Waals surface area contributed by atoms with E-state index in [-0.39, 0.29) is 102 Å². The first-order valence-electron chi connectivity index (χ1n) is 18.9. The van der Waals surface area contributed by atoms with Crippen molar-refractivity contribution in [3.05, 3.63) is 119 Å². The van der Waals surface area contributed by atoms with Crippen LogP contribution in [0.5, 0.6) is 34.5 Å². The summed E-state index contributed by atoms with van der Waals surface area (Å²) in [7, 11) is 0. The second-order valence-corrected chi connectivity index (χ2v) is 13.1. The van der Waals surface area contributed by atoms with Crippen LogP contribution in [0.1, 0.15) is 22.3 Å². The zero-order valence-corrected chi connectivity index (χ0v) is 31.4. The van der Waals surface area contributed by atoms with Gasteiger partial charge in [-0.05, 0) is 22.3 Å². The fraction of sp³-hybridized carbons (Fsp3) is 0.289. The van der Waals surface area contributed by atoms with Gasteiger partial charge in [0, 0.05) is 21.5 Å². The molecule has 57 heavy (non-hydrogen) atoms. The zero-order chi connectivity index (χ0) is 39.8. The van der Waals surface area contributed by atoms with Gasteiger partial charge in [0.15, 0.2) is 23.0 Å². The molecule has 6 aromatic rings. The minimum Gasteiger partial charge on any atom is -0.490 e. The molecule has 12 heteroatoms. The fourth-order valence-electron chi connectivity index (χ4n) is 8.03. The van der Waals surface area contributed by atoms with Crippen molar-refractivity contribution in [2.75, 3.05) is 79.3 Å². The smallest absolute Gasteiger partial charge is 0.170 e. The van der Waals surface area contributed by atoms with Gasteiger partial charge in [-0.3, -0.25) is 0 Å². The summed E-state index contributed by atoms with van der Waals surface area (Å²) < 4.78 is 39.4. The number of aliphatic hydroxyl groups is 6. The molecule has 0 saturated carbocycles. The van der Waals surface area contributed by atoms with Gasteiger partial charge in [-0.15, -0.1) is 0 Å². The molecule has 12 nitrogen and oxygen atoms in total. The highest BCUT2D eigenvalue weighted by molar-refractivity contribution is 6.04. The van der Waals surface area contributed by atoms with E-state index < -0.39 is 5.41 Å². The van der Waals surface area contributed by atoms with Crippen LogP contribution in [0.25, 0.3) is 32.7 Å². The molecule has 298 valence electrons. The minimum absolute atomic E-state index is 0.0964. The quantitative estimate of drug-likeness (QED) is 0.0636. The molecule has 0 aliphatic heterocycles. The molecular formula is C45H46O12. The molecule has 0 fully saturated rings. The largest absolute Gasteiger partial charge is 0.490 e. The third-order valence-electron chi connectivity index (χ3n) is 9.88. The molecule has 0 spiro atoms. The van der Waals surface area contributed by atoms with Gasteiger partial charge in [-0.25, -0.2) is 0 Å². The van der Waals surface area contributed by atoms with Crippen LogP contribution in [0.15, 0.2) is 97.1 Å². The molecule has 0 amide bonds. The normalized spacial score (nSPS) is 12.7. The summed E-state index contributed by atoms with van der Waals surface area (Å²) >= 11 is 0. The maximum atomic E-state index is 10.3. The van der Waals surface area contributed by atoms with E-state index >= 15 is 0 Å². The van der Waals surface area contributed by atoms with Crippen LogP contribution >= 0.6 is 0 Å². The van der Waals surface area contributed by atoms with E-state index in [1.807, 2.05) is 97.1 Å². The van der Waals surface area contributed by atoms with Gasteiger partial charge < -0.3 is 59.1 Å². The van der Waals surface area contributed by atoms with Crippen LogP contribution in [-0.2, 0) is 5.41 Å². The van der Waals surface area contributed by atoms with Crippen molar-refractivity contribution in [1.29, 1.82) is 0 Å². The molecule has 0 radical (unpaired) electrons. The van der Waals surface area contributed by atoms with E-state index in [0.717, 1.165) is 22.3 Å². The minimum atomic E-state index is -1.54. The molecule has 6 aromatic carbocycles. The first-order chi connectivity index (χ1) is 28.1. The number of benzene rings is 6. The summed E-state index contributed by atoms with van der Waals surface area (Å²) in [5, 5.41) is 63.7. The SMILES string of the molecule is OCCOc1c(C2(c3c(OCCO)c(OCCO)c4ccccc4c3OCCO)c3ccccc3-c3ccccc32)c(OCCO)c2ccccc2c1OCCO. The average molecular weight is 779 g/mol. The molecule has 0 unspecified atom stereocenters. The Labute approximate surface area is 329 Å². The third kappa shape index (κ3) is 6.94. The Kier molecular flexibility index (Phi) is 12.6. The number of ether oxygens (including phenoxy) is 6. The number of fused-ring (bicyclic) bond motifs is 5. The van der Waals surface area contributed by atoms with Crippen LogP contribution in [-0.4, -0.2) is 110 Å².